The van der Waals surface area contributed by atoms with Crippen LogP contribution in [0.4, 0.5) is 9.18 Å². The number of halogens is 2. The summed E-state index contributed by atoms with van der Waals surface area (Å²) in [4.78, 5) is 27.8. The van der Waals surface area contributed by atoms with E-state index in [4.69, 9.17) is 17.3 Å². The molecule has 9 heteroatoms. The third kappa shape index (κ3) is 3.72. The number of carbonyl (C=O) groups is 2. The van der Waals surface area contributed by atoms with E-state index in [1.54, 1.807) is 9.58 Å². The fourth-order valence-corrected chi connectivity index (χ4v) is 8.67. The number of hydrogen-bond acceptors (Lipinski definition) is 3. The van der Waals surface area contributed by atoms with Gasteiger partial charge in [0.05, 0.1) is 29.4 Å². The van der Waals surface area contributed by atoms with E-state index in [1.807, 2.05) is 0 Å². The number of urea groups is 1. The Morgan fingerprint density at radius 2 is 1.86 bits per heavy atom. The number of carbonyl (C=O) groups excluding carboxylic acids is 2. The summed E-state index contributed by atoms with van der Waals surface area (Å²) in [6.45, 7) is 5.94. The van der Waals surface area contributed by atoms with Crippen molar-refractivity contribution < 1.29 is 14.0 Å². The maximum absolute atomic E-state index is 13.7. The first-order valence-electron chi connectivity index (χ1n) is 12.4. The molecule has 1 aromatic carbocycles. The summed E-state index contributed by atoms with van der Waals surface area (Å²) in [5.74, 6) is -0.503. The van der Waals surface area contributed by atoms with Gasteiger partial charge in [0.15, 0.2) is 0 Å². The lowest BCUT2D eigenvalue weighted by atomic mass is 9.43. The highest BCUT2D eigenvalue weighted by Gasteiger charge is 2.60. The highest BCUT2D eigenvalue weighted by molar-refractivity contribution is 6.31. The minimum Gasteiger partial charge on any atom is -0.365 e. The molecule has 0 saturated heterocycles. The Morgan fingerprint density at radius 3 is 2.49 bits per heavy atom. The zero-order chi connectivity index (χ0) is 24.8. The van der Waals surface area contributed by atoms with Crippen LogP contribution in [0, 0.1) is 22.6 Å². The van der Waals surface area contributed by atoms with E-state index < -0.39 is 11.7 Å². The largest absolute Gasteiger partial charge is 0.365 e. The first-order chi connectivity index (χ1) is 16.5. The Labute approximate surface area is 209 Å². The van der Waals surface area contributed by atoms with Gasteiger partial charge >= 0.3 is 6.03 Å². The minimum absolute atomic E-state index is 0.0529. The van der Waals surface area contributed by atoms with Crippen LogP contribution < -0.4 is 11.1 Å². The fourth-order valence-electron chi connectivity index (χ4n) is 8.49. The van der Waals surface area contributed by atoms with E-state index in [-0.39, 0.29) is 28.7 Å². The van der Waals surface area contributed by atoms with E-state index in [0.717, 1.165) is 19.3 Å². The molecule has 186 valence electrons. The maximum Gasteiger partial charge on any atom is 0.318 e. The second-order valence-corrected chi connectivity index (χ2v) is 12.6. The monoisotopic (exact) mass is 499 g/mol. The normalized spacial score (nSPS) is 33.0. The summed E-state index contributed by atoms with van der Waals surface area (Å²) in [6.07, 6.45) is 6.90. The highest BCUT2D eigenvalue weighted by atomic mass is 35.5. The van der Waals surface area contributed by atoms with Gasteiger partial charge in [-0.05, 0) is 73.5 Å². The molecular weight excluding hydrogens is 469 g/mol. The Balaban J connectivity index is 1.27. The molecule has 0 spiro atoms. The van der Waals surface area contributed by atoms with Gasteiger partial charge in [-0.15, -0.1) is 0 Å². The molecule has 7 rings (SSSR count). The van der Waals surface area contributed by atoms with Crippen LogP contribution in [-0.4, -0.2) is 38.7 Å². The second kappa shape index (κ2) is 7.45. The van der Waals surface area contributed by atoms with Crippen LogP contribution in [0.2, 0.25) is 5.02 Å². The van der Waals surface area contributed by atoms with Crippen LogP contribution in [0.3, 0.4) is 0 Å². The first-order valence-corrected chi connectivity index (χ1v) is 12.8. The van der Waals surface area contributed by atoms with Gasteiger partial charge in [0.25, 0.3) is 5.91 Å². The van der Waals surface area contributed by atoms with Crippen LogP contribution in [0.25, 0.3) is 11.3 Å². The lowest BCUT2D eigenvalue weighted by Gasteiger charge is -2.65. The summed E-state index contributed by atoms with van der Waals surface area (Å²) < 4.78 is 15.4. The number of hydrogen-bond donors (Lipinski definition) is 2. The molecule has 3 amide bonds. The van der Waals surface area contributed by atoms with Gasteiger partial charge in [-0.1, -0.05) is 25.4 Å². The maximum atomic E-state index is 13.7. The van der Waals surface area contributed by atoms with Crippen molar-refractivity contribution in [2.75, 3.05) is 6.54 Å². The molecule has 4 saturated carbocycles. The summed E-state index contributed by atoms with van der Waals surface area (Å²) in [5.41, 5.74) is 7.92. The van der Waals surface area contributed by atoms with Crippen molar-refractivity contribution in [2.24, 2.45) is 22.5 Å². The average Bonchev–Trinajstić information content (AvgIpc) is 3.11. The highest BCUT2D eigenvalue weighted by Crippen LogP contribution is 2.66. The Kier molecular flexibility index (Phi) is 4.86. The van der Waals surface area contributed by atoms with Crippen molar-refractivity contribution in [3.8, 4) is 11.3 Å². The zero-order valence-corrected chi connectivity index (χ0v) is 20.9. The van der Waals surface area contributed by atoms with Gasteiger partial charge in [0.2, 0.25) is 0 Å². The molecule has 4 bridgehead atoms. The quantitative estimate of drug-likeness (QED) is 0.640. The van der Waals surface area contributed by atoms with E-state index in [0.29, 0.717) is 46.8 Å². The lowest BCUT2D eigenvalue weighted by Crippen LogP contribution is -2.66. The predicted octanol–water partition coefficient (Wildman–Crippen LogP) is 4.72. The molecule has 7 nitrogen and oxygen atoms in total. The topological polar surface area (TPSA) is 93.2 Å². The molecule has 35 heavy (non-hydrogen) atoms. The fraction of sp³-hybridized carbons (Fsp3) is 0.577. The van der Waals surface area contributed by atoms with E-state index in [1.165, 1.54) is 37.5 Å². The summed E-state index contributed by atoms with van der Waals surface area (Å²) in [7, 11) is 0. The molecule has 4 atom stereocenters. The average molecular weight is 500 g/mol. The number of aromatic nitrogens is 2. The molecule has 2 unspecified atom stereocenters. The van der Waals surface area contributed by atoms with Crippen molar-refractivity contribution in [3.63, 3.8) is 0 Å². The van der Waals surface area contributed by atoms with Crippen molar-refractivity contribution in [3.05, 3.63) is 40.3 Å². The van der Waals surface area contributed by atoms with E-state index >= 15 is 0 Å². The summed E-state index contributed by atoms with van der Waals surface area (Å²) in [5, 5.41) is 7.99. The van der Waals surface area contributed by atoms with Gasteiger partial charge in [0, 0.05) is 17.6 Å². The molecule has 1 aliphatic heterocycles. The van der Waals surface area contributed by atoms with Crippen molar-refractivity contribution in [1.82, 2.24) is 20.0 Å². The standard InChI is InChI=1S/C26H31ClFN5O2/c1-24-8-15-9-25(2,12-24)14-26(10-15,13-24)30-23(35)32-5-6-33-19(11-32)20(22(29)34)21(31-33)16-3-4-18(28)17(27)7-16/h3-4,7,15H,5-6,8-14H2,1-2H3,(H2,29,34)(H,30,35)/t15?,24-,25+,26?. The molecule has 1 aromatic heterocycles. The van der Waals surface area contributed by atoms with Crippen molar-refractivity contribution >= 4 is 23.5 Å². The zero-order valence-electron chi connectivity index (χ0n) is 20.2. The Hall–Kier alpha value is -2.61. The predicted molar refractivity (Wildman–Crippen MR) is 130 cm³/mol. The van der Waals surface area contributed by atoms with Crippen LogP contribution in [0.15, 0.2) is 18.2 Å². The minimum atomic E-state index is -0.633. The van der Waals surface area contributed by atoms with Crippen molar-refractivity contribution in [2.45, 2.75) is 71.0 Å². The molecule has 4 aliphatic carbocycles. The van der Waals surface area contributed by atoms with Gasteiger partial charge < -0.3 is 16.0 Å². The summed E-state index contributed by atoms with van der Waals surface area (Å²) >= 11 is 5.97. The van der Waals surface area contributed by atoms with Gasteiger partial charge in [0.1, 0.15) is 11.5 Å². The van der Waals surface area contributed by atoms with E-state index in [9.17, 15) is 14.0 Å². The molecule has 3 N–H and O–H groups in total. The Morgan fingerprint density at radius 1 is 1.14 bits per heavy atom. The molecule has 2 heterocycles. The van der Waals surface area contributed by atoms with Crippen LogP contribution in [0.1, 0.15) is 68.4 Å². The number of nitrogens with two attached hydrogens (primary N) is 1. The smallest absolute Gasteiger partial charge is 0.318 e. The van der Waals surface area contributed by atoms with Crippen molar-refractivity contribution in [1.29, 1.82) is 0 Å². The molecule has 0 radical (unpaired) electrons. The van der Waals surface area contributed by atoms with Crippen LogP contribution in [0.5, 0.6) is 0 Å². The van der Waals surface area contributed by atoms with Crippen LogP contribution in [-0.2, 0) is 13.1 Å². The molecule has 2 aromatic rings. The lowest BCUT2D eigenvalue weighted by molar-refractivity contribution is -0.114. The number of amides is 3. The number of rotatable bonds is 3. The number of nitrogens with one attached hydrogen (secondary N) is 1. The SMILES string of the molecule is C[C@]12CC3CC(NC(=O)N4CCn5nc(-c6ccc(F)c(Cl)c6)c(C(N)=O)c5C4)(C1)C[C@@](C)(C3)C2. The number of benzene rings is 1. The van der Waals surface area contributed by atoms with Gasteiger partial charge in [-0.3, -0.25) is 9.48 Å². The number of fused-ring (bicyclic) bond motifs is 1. The number of primary amides is 1. The molecule has 4 fully saturated rings. The third-order valence-electron chi connectivity index (χ3n) is 8.71. The Bertz CT molecular complexity index is 1240. The first kappa shape index (κ1) is 22.8. The van der Waals surface area contributed by atoms with E-state index in [2.05, 4.69) is 24.3 Å². The van der Waals surface area contributed by atoms with Crippen LogP contribution >= 0.6 is 11.6 Å². The number of nitrogens with zero attached hydrogens (tertiary/aromatic N) is 3. The van der Waals surface area contributed by atoms with Gasteiger partial charge in [-0.2, -0.15) is 5.10 Å². The third-order valence-corrected chi connectivity index (χ3v) is 8.99. The van der Waals surface area contributed by atoms with Gasteiger partial charge in [-0.25, -0.2) is 9.18 Å². The molecule has 5 aliphatic rings. The second-order valence-electron chi connectivity index (χ2n) is 12.1. The summed E-state index contributed by atoms with van der Waals surface area (Å²) in [6, 6.07) is 4.12. The molecular formula is C26H31ClFN5O2.